The van der Waals surface area contributed by atoms with E-state index in [9.17, 15) is 19.2 Å². The first kappa shape index (κ1) is 37.5. The molecule has 2 rings (SSSR count). The van der Waals surface area contributed by atoms with E-state index in [0.717, 1.165) is 11.1 Å². The fourth-order valence-corrected chi connectivity index (χ4v) is 4.28. The maximum atomic E-state index is 13.1. The van der Waals surface area contributed by atoms with Crippen LogP contribution in [0.1, 0.15) is 51.7 Å². The maximum Gasteiger partial charge on any atom is 0.408 e. The number of alkyl carbamates (subject to hydrolysis) is 1. The molecule has 0 fully saturated rings. The van der Waals surface area contributed by atoms with Gasteiger partial charge in [-0.25, -0.2) is 4.79 Å². The van der Waals surface area contributed by atoms with E-state index >= 15 is 0 Å². The SMILES string of the molecule is C=CCO[C@H](CC(=O)OCC)[C@H](Cc1ccc(OCc2ccccc2)cc1)NC(=O)CNC(=O)[C@H](CC=C)NC(=O)OC(C)(C)C. The number of amides is 3. The van der Waals surface area contributed by atoms with Gasteiger partial charge < -0.3 is 34.9 Å². The van der Waals surface area contributed by atoms with Crippen LogP contribution in [-0.2, 0) is 41.6 Å². The molecule has 3 N–H and O–H groups in total. The predicted molar refractivity (Wildman–Crippen MR) is 175 cm³/mol. The highest BCUT2D eigenvalue weighted by molar-refractivity contribution is 5.89. The zero-order valence-corrected chi connectivity index (χ0v) is 27.2. The molecule has 2 aromatic carbocycles. The van der Waals surface area contributed by atoms with Crippen LogP contribution in [0.15, 0.2) is 79.9 Å². The molecular weight excluding hydrogens is 590 g/mol. The van der Waals surface area contributed by atoms with Crippen LogP contribution in [0.25, 0.3) is 0 Å². The molecular formula is C35H47N3O8. The number of hydrogen-bond donors (Lipinski definition) is 3. The molecule has 11 heteroatoms. The van der Waals surface area contributed by atoms with Gasteiger partial charge >= 0.3 is 12.1 Å². The van der Waals surface area contributed by atoms with Crippen LogP contribution >= 0.6 is 0 Å². The summed E-state index contributed by atoms with van der Waals surface area (Å²) in [5, 5.41) is 7.95. The van der Waals surface area contributed by atoms with Gasteiger partial charge in [0.25, 0.3) is 0 Å². The van der Waals surface area contributed by atoms with Gasteiger partial charge in [0, 0.05) is 0 Å². The van der Waals surface area contributed by atoms with E-state index in [0.29, 0.717) is 18.8 Å². The second-order valence-corrected chi connectivity index (χ2v) is 11.4. The molecule has 2 aromatic rings. The number of benzene rings is 2. The van der Waals surface area contributed by atoms with Crippen LogP contribution in [-0.4, -0.2) is 67.4 Å². The second kappa shape index (κ2) is 19.7. The van der Waals surface area contributed by atoms with Crippen LogP contribution in [0, 0.1) is 0 Å². The van der Waals surface area contributed by atoms with E-state index in [-0.39, 0.29) is 26.1 Å². The molecule has 11 nitrogen and oxygen atoms in total. The van der Waals surface area contributed by atoms with Crippen molar-refractivity contribution >= 4 is 23.9 Å². The third kappa shape index (κ3) is 14.9. The van der Waals surface area contributed by atoms with Crippen molar-refractivity contribution in [3.63, 3.8) is 0 Å². The van der Waals surface area contributed by atoms with Crippen molar-refractivity contribution in [1.82, 2.24) is 16.0 Å². The molecule has 0 radical (unpaired) electrons. The third-order valence-corrected chi connectivity index (χ3v) is 6.36. The summed E-state index contributed by atoms with van der Waals surface area (Å²) in [6.45, 7) is 14.5. The molecule has 0 aliphatic rings. The van der Waals surface area contributed by atoms with Crippen molar-refractivity contribution in [2.45, 2.75) is 77.4 Å². The molecule has 0 aliphatic carbocycles. The molecule has 0 spiro atoms. The molecule has 46 heavy (non-hydrogen) atoms. The topological polar surface area (TPSA) is 141 Å². The van der Waals surface area contributed by atoms with Crippen LogP contribution < -0.4 is 20.7 Å². The lowest BCUT2D eigenvalue weighted by Crippen LogP contribution is -2.52. The zero-order chi connectivity index (χ0) is 34.0. The minimum absolute atomic E-state index is 0.113. The van der Waals surface area contributed by atoms with Crippen molar-refractivity contribution in [1.29, 1.82) is 0 Å². The van der Waals surface area contributed by atoms with Crippen LogP contribution in [0.3, 0.4) is 0 Å². The van der Waals surface area contributed by atoms with Gasteiger partial charge in [0.1, 0.15) is 24.0 Å². The Bertz CT molecular complexity index is 1270. The van der Waals surface area contributed by atoms with Gasteiger partial charge in [-0.2, -0.15) is 0 Å². The lowest BCUT2D eigenvalue weighted by atomic mass is 9.98. The minimum Gasteiger partial charge on any atom is -0.489 e. The first-order chi connectivity index (χ1) is 21.9. The number of carbonyl (C=O) groups is 4. The van der Waals surface area contributed by atoms with E-state index in [1.165, 1.54) is 6.08 Å². The van der Waals surface area contributed by atoms with Crippen LogP contribution in [0.5, 0.6) is 5.75 Å². The summed E-state index contributed by atoms with van der Waals surface area (Å²) in [6.07, 6.45) is 1.82. The summed E-state index contributed by atoms with van der Waals surface area (Å²) in [6, 6.07) is 15.5. The molecule has 0 saturated carbocycles. The van der Waals surface area contributed by atoms with Crippen molar-refractivity contribution < 1.29 is 38.1 Å². The monoisotopic (exact) mass is 637 g/mol. The Labute approximate surface area is 271 Å². The van der Waals surface area contributed by atoms with Crippen molar-refractivity contribution in [3.8, 4) is 5.75 Å². The van der Waals surface area contributed by atoms with Crippen molar-refractivity contribution in [2.75, 3.05) is 19.8 Å². The Hall–Kier alpha value is -4.64. The summed E-state index contributed by atoms with van der Waals surface area (Å²) in [5.74, 6) is -0.911. The van der Waals surface area contributed by atoms with E-state index < -0.39 is 54.2 Å². The standard InChI is InChI=1S/C35H47N3O8/c1-7-13-28(38-34(42)46-35(4,5)6)33(41)36-23-31(39)37-29(30(44-20-8-2)22-32(40)43-9-3)21-25-16-18-27(19-17-25)45-24-26-14-11-10-12-15-26/h7-8,10-12,14-19,28-30H,1-2,9,13,20-24H2,3-6H3,(H,36,41)(H,37,39)(H,38,42)/t28-,29-,30+/m0/s1. The Morgan fingerprint density at radius 3 is 2.22 bits per heavy atom. The second-order valence-electron chi connectivity index (χ2n) is 11.4. The van der Waals surface area contributed by atoms with Gasteiger partial charge in [-0.1, -0.05) is 54.6 Å². The summed E-state index contributed by atoms with van der Waals surface area (Å²) in [5.41, 5.74) is 1.14. The van der Waals surface area contributed by atoms with Gasteiger partial charge in [-0.15, -0.1) is 13.2 Å². The van der Waals surface area contributed by atoms with E-state index in [4.69, 9.17) is 18.9 Å². The quantitative estimate of drug-likeness (QED) is 0.152. The Morgan fingerprint density at radius 1 is 0.913 bits per heavy atom. The first-order valence-corrected chi connectivity index (χ1v) is 15.2. The summed E-state index contributed by atoms with van der Waals surface area (Å²) in [4.78, 5) is 50.7. The van der Waals surface area contributed by atoms with Gasteiger partial charge in [-0.3, -0.25) is 14.4 Å². The lowest BCUT2D eigenvalue weighted by molar-refractivity contribution is -0.147. The summed E-state index contributed by atoms with van der Waals surface area (Å²) >= 11 is 0. The van der Waals surface area contributed by atoms with Gasteiger partial charge in [0.2, 0.25) is 11.8 Å². The maximum absolute atomic E-state index is 13.1. The summed E-state index contributed by atoms with van der Waals surface area (Å²) in [7, 11) is 0. The molecule has 0 unspecified atom stereocenters. The smallest absolute Gasteiger partial charge is 0.408 e. The highest BCUT2D eigenvalue weighted by Crippen LogP contribution is 2.18. The van der Waals surface area contributed by atoms with Crippen molar-refractivity contribution in [3.05, 3.63) is 91.0 Å². The fraction of sp³-hybridized carbons (Fsp3) is 0.429. The number of nitrogens with one attached hydrogen (secondary N) is 3. The Balaban J connectivity index is 2.14. The van der Waals surface area contributed by atoms with Crippen LogP contribution in [0.4, 0.5) is 4.79 Å². The largest absolute Gasteiger partial charge is 0.489 e. The van der Waals surface area contributed by atoms with Gasteiger partial charge in [0.05, 0.1) is 38.3 Å². The normalized spacial score (nSPS) is 12.9. The number of carbonyl (C=O) groups excluding carboxylic acids is 4. The third-order valence-electron chi connectivity index (χ3n) is 6.36. The van der Waals surface area contributed by atoms with E-state index in [2.05, 4.69) is 29.1 Å². The molecule has 0 saturated heterocycles. The molecule has 250 valence electrons. The molecule has 3 atom stereocenters. The number of rotatable bonds is 19. The van der Waals surface area contributed by atoms with E-state index in [1.807, 2.05) is 54.6 Å². The number of hydrogen-bond acceptors (Lipinski definition) is 8. The van der Waals surface area contributed by atoms with Gasteiger partial charge in [0.15, 0.2) is 0 Å². The lowest BCUT2D eigenvalue weighted by Gasteiger charge is -2.28. The highest BCUT2D eigenvalue weighted by Gasteiger charge is 2.29. The average molecular weight is 638 g/mol. The predicted octanol–water partition coefficient (Wildman–Crippen LogP) is 4.40. The Kier molecular flexibility index (Phi) is 16.1. The van der Waals surface area contributed by atoms with E-state index in [1.54, 1.807) is 33.8 Å². The average Bonchev–Trinajstić information content (AvgIpc) is 3.00. The van der Waals surface area contributed by atoms with Crippen molar-refractivity contribution in [2.24, 2.45) is 0 Å². The molecule has 0 aliphatic heterocycles. The zero-order valence-electron chi connectivity index (χ0n) is 27.2. The molecule has 0 aromatic heterocycles. The molecule has 0 heterocycles. The van der Waals surface area contributed by atoms with Gasteiger partial charge in [-0.05, 0) is 63.8 Å². The Morgan fingerprint density at radius 2 is 1.61 bits per heavy atom. The minimum atomic E-state index is -0.994. The number of esters is 1. The highest BCUT2D eigenvalue weighted by atomic mass is 16.6. The molecule has 3 amide bonds. The molecule has 0 bridgehead atoms. The van der Waals surface area contributed by atoms with Crippen LogP contribution in [0.2, 0.25) is 0 Å². The summed E-state index contributed by atoms with van der Waals surface area (Å²) < 4.78 is 22.2. The number of ether oxygens (including phenoxy) is 4. The fourth-order valence-electron chi connectivity index (χ4n) is 4.28. The first-order valence-electron chi connectivity index (χ1n) is 15.2.